The molecule has 0 atom stereocenters. The molecule has 6 heteroatoms. The maximum absolute atomic E-state index is 10.7. The van der Waals surface area contributed by atoms with Gasteiger partial charge in [0.15, 0.2) is 0 Å². The number of thiazole rings is 1. The highest BCUT2D eigenvalue weighted by atomic mass is 32.2. The third kappa shape index (κ3) is 4.72. The van der Waals surface area contributed by atoms with E-state index in [0.717, 1.165) is 23.4 Å². The van der Waals surface area contributed by atoms with Gasteiger partial charge in [-0.25, -0.2) is 4.98 Å². The van der Waals surface area contributed by atoms with Gasteiger partial charge in [0.05, 0.1) is 23.6 Å². The second kappa shape index (κ2) is 5.05. The van der Waals surface area contributed by atoms with Crippen LogP contribution in [0.3, 0.4) is 0 Å². The number of hydrogen-bond acceptors (Lipinski definition) is 5. The Morgan fingerprint density at radius 3 is 2.53 bits per heavy atom. The van der Waals surface area contributed by atoms with E-state index in [2.05, 4.69) is 9.17 Å². The molecule has 0 amide bonds. The van der Waals surface area contributed by atoms with E-state index in [9.17, 15) is 8.42 Å². The van der Waals surface area contributed by atoms with Crippen LogP contribution in [0, 0.1) is 13.8 Å². The van der Waals surface area contributed by atoms with E-state index in [0.29, 0.717) is 6.42 Å². The molecule has 0 radical (unpaired) electrons. The van der Waals surface area contributed by atoms with Crippen LogP contribution in [0.5, 0.6) is 0 Å². The van der Waals surface area contributed by atoms with Gasteiger partial charge in [-0.2, -0.15) is 8.42 Å². The first-order valence-corrected chi connectivity index (χ1v) is 7.29. The van der Waals surface area contributed by atoms with Gasteiger partial charge in [-0.05, 0) is 26.7 Å². The zero-order chi connectivity index (χ0) is 11.5. The van der Waals surface area contributed by atoms with Crippen molar-refractivity contribution in [3.63, 3.8) is 0 Å². The Bertz CT molecular complexity index is 423. The molecule has 4 nitrogen and oxygen atoms in total. The Balaban J connectivity index is 2.35. The zero-order valence-electron chi connectivity index (χ0n) is 9.11. The minimum atomic E-state index is -3.30. The molecule has 0 bridgehead atoms. The third-order valence-corrected chi connectivity index (χ3v) is 3.57. The standard InChI is InChI=1S/C9H15NO3S2/c1-7-9(14-8(2)10-7)5-4-6-13-15(3,11)12/h4-6H2,1-3H3. The summed E-state index contributed by atoms with van der Waals surface area (Å²) in [5.74, 6) is 0. The Morgan fingerprint density at radius 1 is 1.40 bits per heavy atom. The molecule has 0 fully saturated rings. The van der Waals surface area contributed by atoms with Gasteiger partial charge in [-0.3, -0.25) is 4.18 Å². The van der Waals surface area contributed by atoms with Crippen LogP contribution >= 0.6 is 11.3 Å². The number of rotatable bonds is 5. The summed E-state index contributed by atoms with van der Waals surface area (Å²) in [5, 5.41) is 1.05. The minimum absolute atomic E-state index is 0.245. The lowest BCUT2D eigenvalue weighted by molar-refractivity contribution is 0.316. The molecule has 15 heavy (non-hydrogen) atoms. The Kier molecular flexibility index (Phi) is 4.24. The first-order valence-electron chi connectivity index (χ1n) is 4.66. The smallest absolute Gasteiger partial charge is 0.264 e. The van der Waals surface area contributed by atoms with Gasteiger partial charge in [0.25, 0.3) is 10.1 Å². The summed E-state index contributed by atoms with van der Waals surface area (Å²) in [6.45, 7) is 4.18. The topological polar surface area (TPSA) is 56.3 Å². The van der Waals surface area contributed by atoms with Crippen molar-refractivity contribution >= 4 is 21.5 Å². The molecule has 0 aliphatic carbocycles. The second-order valence-corrected chi connectivity index (χ2v) is 6.30. The van der Waals surface area contributed by atoms with Crippen molar-refractivity contribution in [2.75, 3.05) is 12.9 Å². The van der Waals surface area contributed by atoms with Gasteiger partial charge in [0, 0.05) is 4.88 Å². The largest absolute Gasteiger partial charge is 0.270 e. The second-order valence-electron chi connectivity index (χ2n) is 3.37. The molecular formula is C9H15NO3S2. The van der Waals surface area contributed by atoms with Gasteiger partial charge in [-0.15, -0.1) is 11.3 Å². The maximum atomic E-state index is 10.7. The molecule has 86 valence electrons. The van der Waals surface area contributed by atoms with Crippen LogP contribution in [0.25, 0.3) is 0 Å². The lowest BCUT2D eigenvalue weighted by Crippen LogP contribution is -2.04. The van der Waals surface area contributed by atoms with E-state index in [1.165, 1.54) is 4.88 Å². The summed E-state index contributed by atoms with van der Waals surface area (Å²) in [6, 6.07) is 0. The van der Waals surface area contributed by atoms with Crippen LogP contribution < -0.4 is 0 Å². The van der Waals surface area contributed by atoms with Crippen LogP contribution in [-0.2, 0) is 20.7 Å². The predicted molar refractivity (Wildman–Crippen MR) is 60.7 cm³/mol. The van der Waals surface area contributed by atoms with Gasteiger partial charge >= 0.3 is 0 Å². The fraction of sp³-hybridized carbons (Fsp3) is 0.667. The summed E-state index contributed by atoms with van der Waals surface area (Å²) >= 11 is 1.66. The molecule has 0 N–H and O–H groups in total. The SMILES string of the molecule is Cc1nc(C)c(CCCOS(C)(=O)=O)s1. The average Bonchev–Trinajstić information content (AvgIpc) is 2.37. The van der Waals surface area contributed by atoms with Crippen LogP contribution in [0.1, 0.15) is 22.0 Å². The van der Waals surface area contributed by atoms with Crippen molar-refractivity contribution in [1.29, 1.82) is 0 Å². The summed E-state index contributed by atoms with van der Waals surface area (Å²) in [4.78, 5) is 5.51. The fourth-order valence-electron chi connectivity index (χ4n) is 1.25. The summed E-state index contributed by atoms with van der Waals surface area (Å²) in [6.07, 6.45) is 2.59. The molecule has 0 spiro atoms. The third-order valence-electron chi connectivity index (χ3n) is 1.85. The maximum Gasteiger partial charge on any atom is 0.264 e. The van der Waals surface area contributed by atoms with E-state index in [1.54, 1.807) is 11.3 Å². The van der Waals surface area contributed by atoms with Crippen molar-refractivity contribution in [3.05, 3.63) is 15.6 Å². The molecule has 0 aliphatic heterocycles. The normalized spacial score (nSPS) is 11.9. The highest BCUT2D eigenvalue weighted by molar-refractivity contribution is 7.85. The van der Waals surface area contributed by atoms with Gasteiger partial charge in [0.2, 0.25) is 0 Å². The van der Waals surface area contributed by atoms with E-state index < -0.39 is 10.1 Å². The molecule has 0 aromatic carbocycles. The molecule has 0 saturated carbocycles. The van der Waals surface area contributed by atoms with Crippen LogP contribution in [0.2, 0.25) is 0 Å². The van der Waals surface area contributed by atoms with Crippen molar-refractivity contribution < 1.29 is 12.6 Å². The Labute approximate surface area is 94.4 Å². The molecule has 1 aromatic rings. The van der Waals surface area contributed by atoms with Gasteiger partial charge < -0.3 is 0 Å². The van der Waals surface area contributed by atoms with E-state index in [-0.39, 0.29) is 6.61 Å². The Morgan fingerprint density at radius 2 is 2.07 bits per heavy atom. The van der Waals surface area contributed by atoms with E-state index in [4.69, 9.17) is 0 Å². The highest BCUT2D eigenvalue weighted by Gasteiger charge is 2.05. The first-order chi connectivity index (χ1) is 6.88. The van der Waals surface area contributed by atoms with Crippen LogP contribution in [-0.4, -0.2) is 26.3 Å². The lowest BCUT2D eigenvalue weighted by atomic mass is 10.2. The quantitative estimate of drug-likeness (QED) is 0.588. The van der Waals surface area contributed by atoms with Gasteiger partial charge in [-0.1, -0.05) is 0 Å². The Hall–Kier alpha value is -0.460. The molecule has 1 heterocycles. The average molecular weight is 249 g/mol. The summed E-state index contributed by atoms with van der Waals surface area (Å²) in [5.41, 5.74) is 1.04. The van der Waals surface area contributed by atoms with Crippen molar-refractivity contribution in [3.8, 4) is 0 Å². The number of nitrogens with zero attached hydrogens (tertiary/aromatic N) is 1. The molecule has 0 saturated heterocycles. The van der Waals surface area contributed by atoms with Gasteiger partial charge in [0.1, 0.15) is 0 Å². The molecule has 0 aliphatic rings. The van der Waals surface area contributed by atoms with Crippen molar-refractivity contribution in [2.24, 2.45) is 0 Å². The first kappa shape index (κ1) is 12.6. The van der Waals surface area contributed by atoms with Crippen LogP contribution in [0.15, 0.2) is 0 Å². The molecular weight excluding hydrogens is 234 g/mol. The summed E-state index contributed by atoms with van der Waals surface area (Å²) in [7, 11) is -3.30. The van der Waals surface area contributed by atoms with Crippen molar-refractivity contribution in [1.82, 2.24) is 4.98 Å². The monoisotopic (exact) mass is 249 g/mol. The molecule has 1 rings (SSSR count). The zero-order valence-corrected chi connectivity index (χ0v) is 10.7. The summed E-state index contributed by atoms with van der Waals surface area (Å²) < 4.78 is 26.0. The van der Waals surface area contributed by atoms with E-state index >= 15 is 0 Å². The van der Waals surface area contributed by atoms with Crippen molar-refractivity contribution in [2.45, 2.75) is 26.7 Å². The molecule has 1 aromatic heterocycles. The highest BCUT2D eigenvalue weighted by Crippen LogP contribution is 2.18. The van der Waals surface area contributed by atoms with E-state index in [1.807, 2.05) is 13.8 Å². The molecule has 0 unspecified atom stereocenters. The lowest BCUT2D eigenvalue weighted by Gasteiger charge is -2.00. The predicted octanol–water partition coefficient (Wildman–Crippen LogP) is 1.67. The number of hydrogen-bond donors (Lipinski definition) is 0. The number of aromatic nitrogens is 1. The fourth-order valence-corrected chi connectivity index (χ4v) is 2.65. The number of aryl methyl sites for hydroxylation is 3. The minimum Gasteiger partial charge on any atom is -0.270 e. The van der Waals surface area contributed by atoms with Crippen LogP contribution in [0.4, 0.5) is 0 Å².